The van der Waals surface area contributed by atoms with Gasteiger partial charge >= 0.3 is 0 Å². The number of halogens is 1. The van der Waals surface area contributed by atoms with Gasteiger partial charge in [-0.25, -0.2) is 0 Å². The van der Waals surface area contributed by atoms with E-state index in [-0.39, 0.29) is 11.7 Å². The van der Waals surface area contributed by atoms with E-state index in [1.165, 1.54) is 0 Å². The monoisotopic (exact) mass is 241 g/mol. The fourth-order valence-electron chi connectivity index (χ4n) is 1.61. The van der Waals surface area contributed by atoms with Gasteiger partial charge in [0.25, 0.3) is 0 Å². The largest absolute Gasteiger partial charge is 0.308 e. The summed E-state index contributed by atoms with van der Waals surface area (Å²) in [6.45, 7) is 1.55. The first-order chi connectivity index (χ1) is 7.59. The van der Waals surface area contributed by atoms with Gasteiger partial charge in [0, 0.05) is 12.5 Å². The number of nitrogens with zero attached hydrogens (tertiary/aromatic N) is 3. The lowest BCUT2D eigenvalue weighted by Crippen LogP contribution is -2.22. The van der Waals surface area contributed by atoms with Crippen LogP contribution in [-0.4, -0.2) is 41.1 Å². The molecule has 4 nitrogen and oxygen atoms in total. The van der Waals surface area contributed by atoms with Crippen molar-refractivity contribution in [3.8, 4) is 0 Å². The third-order valence-corrected chi connectivity index (χ3v) is 3.01. The Labute approximate surface area is 100 Å². The molecule has 88 valence electrons. The van der Waals surface area contributed by atoms with Crippen molar-refractivity contribution < 1.29 is 4.79 Å². The van der Waals surface area contributed by atoms with Gasteiger partial charge in [-0.05, 0) is 26.9 Å². The quantitative estimate of drug-likeness (QED) is 0.737. The van der Waals surface area contributed by atoms with Crippen LogP contribution in [0.25, 0.3) is 0 Å². The Kier molecular flexibility index (Phi) is 3.30. The molecule has 16 heavy (non-hydrogen) atoms. The Balaban J connectivity index is 2.14. The third-order valence-electron chi connectivity index (χ3n) is 2.74. The fourth-order valence-corrected chi connectivity index (χ4v) is 1.84. The van der Waals surface area contributed by atoms with Crippen molar-refractivity contribution in [1.82, 2.24) is 14.7 Å². The van der Waals surface area contributed by atoms with Crippen LogP contribution in [0.1, 0.15) is 23.3 Å². The molecule has 0 spiro atoms. The van der Waals surface area contributed by atoms with E-state index in [2.05, 4.69) is 10.00 Å². The van der Waals surface area contributed by atoms with Gasteiger partial charge in [0.05, 0.1) is 17.8 Å². The lowest BCUT2D eigenvalue weighted by atomic mass is 10.2. The molecule has 1 aromatic heterocycles. The molecule has 0 saturated heterocycles. The predicted molar refractivity (Wildman–Crippen MR) is 62.8 cm³/mol. The molecule has 1 aliphatic carbocycles. The Morgan fingerprint density at radius 3 is 2.88 bits per heavy atom. The van der Waals surface area contributed by atoms with Gasteiger partial charge in [0.2, 0.25) is 0 Å². The number of Topliss-reactive ketones (excluding diaryl/α,β-unsaturated/α-hetero) is 1. The summed E-state index contributed by atoms with van der Waals surface area (Å²) in [4.78, 5) is 14.1. The summed E-state index contributed by atoms with van der Waals surface area (Å²) >= 11 is 6.01. The molecule has 0 aliphatic heterocycles. The van der Waals surface area contributed by atoms with E-state index in [1.54, 1.807) is 10.9 Å². The molecule has 2 rings (SSSR count). The molecule has 0 amide bonds. The normalized spacial score (nSPS) is 15.8. The van der Waals surface area contributed by atoms with Crippen LogP contribution in [0, 0.1) is 5.92 Å². The number of aromatic nitrogens is 2. The fraction of sp³-hybridized carbons (Fsp3) is 0.636. The predicted octanol–water partition coefficient (Wildman–Crippen LogP) is 1.69. The van der Waals surface area contributed by atoms with Crippen LogP contribution in [-0.2, 0) is 6.54 Å². The summed E-state index contributed by atoms with van der Waals surface area (Å²) in [5.41, 5.74) is 0.589. The summed E-state index contributed by atoms with van der Waals surface area (Å²) in [5, 5.41) is 4.64. The van der Waals surface area contributed by atoms with E-state index in [9.17, 15) is 4.79 Å². The summed E-state index contributed by atoms with van der Waals surface area (Å²) < 4.78 is 1.73. The van der Waals surface area contributed by atoms with E-state index in [1.807, 2.05) is 14.1 Å². The highest BCUT2D eigenvalue weighted by molar-refractivity contribution is 6.33. The molecular weight excluding hydrogens is 226 g/mol. The molecular formula is C11H16ClN3O. The first kappa shape index (κ1) is 11.6. The molecule has 1 aliphatic rings. The highest BCUT2D eigenvalue weighted by Gasteiger charge is 2.33. The van der Waals surface area contributed by atoms with Crippen molar-refractivity contribution in [2.45, 2.75) is 19.4 Å². The first-order valence-corrected chi connectivity index (χ1v) is 5.87. The van der Waals surface area contributed by atoms with Crippen LogP contribution >= 0.6 is 11.6 Å². The van der Waals surface area contributed by atoms with Crippen molar-refractivity contribution in [2.75, 3.05) is 20.6 Å². The smallest absolute Gasteiger partial charge is 0.185 e. The summed E-state index contributed by atoms with van der Waals surface area (Å²) in [7, 11) is 3.99. The van der Waals surface area contributed by atoms with Gasteiger partial charge in [-0.2, -0.15) is 5.10 Å². The summed E-state index contributed by atoms with van der Waals surface area (Å²) in [5.74, 6) is 0.341. The number of carbonyl (C=O) groups is 1. The van der Waals surface area contributed by atoms with Crippen molar-refractivity contribution in [3.63, 3.8) is 0 Å². The SMILES string of the molecule is CN(C)CCn1ncc(Cl)c1C(=O)C1CC1. The Bertz CT molecular complexity index is 396. The highest BCUT2D eigenvalue weighted by Crippen LogP contribution is 2.34. The molecule has 0 aromatic carbocycles. The molecule has 1 fully saturated rings. The van der Waals surface area contributed by atoms with E-state index in [0.717, 1.165) is 19.4 Å². The topological polar surface area (TPSA) is 38.1 Å². The number of likely N-dealkylation sites (N-methyl/N-ethyl adjacent to an activating group) is 1. The van der Waals surface area contributed by atoms with Gasteiger partial charge in [-0.15, -0.1) is 0 Å². The van der Waals surface area contributed by atoms with E-state index >= 15 is 0 Å². The van der Waals surface area contributed by atoms with Crippen molar-refractivity contribution in [1.29, 1.82) is 0 Å². The lowest BCUT2D eigenvalue weighted by molar-refractivity contribution is 0.0956. The maximum absolute atomic E-state index is 12.0. The molecule has 0 unspecified atom stereocenters. The van der Waals surface area contributed by atoms with Crippen LogP contribution in [0.3, 0.4) is 0 Å². The van der Waals surface area contributed by atoms with Gasteiger partial charge in [0.15, 0.2) is 5.78 Å². The second-order valence-corrected chi connectivity index (χ2v) is 4.91. The number of ketones is 1. The Hall–Kier alpha value is -0.870. The lowest BCUT2D eigenvalue weighted by Gasteiger charge is -2.11. The van der Waals surface area contributed by atoms with Crippen molar-refractivity contribution in [3.05, 3.63) is 16.9 Å². The standard InChI is InChI=1S/C11H16ClN3O/c1-14(2)5-6-15-10(9(12)7-13-15)11(16)8-3-4-8/h7-8H,3-6H2,1-2H3. The number of carbonyl (C=O) groups excluding carboxylic acids is 1. The van der Waals surface area contributed by atoms with Crippen molar-refractivity contribution in [2.24, 2.45) is 5.92 Å². The molecule has 1 aromatic rings. The zero-order chi connectivity index (χ0) is 11.7. The molecule has 0 atom stereocenters. The van der Waals surface area contributed by atoms with Crippen LogP contribution in [0.5, 0.6) is 0 Å². The van der Waals surface area contributed by atoms with E-state index in [0.29, 0.717) is 17.3 Å². The minimum Gasteiger partial charge on any atom is -0.308 e. The highest BCUT2D eigenvalue weighted by atomic mass is 35.5. The van der Waals surface area contributed by atoms with Gasteiger partial charge in [0.1, 0.15) is 5.69 Å². The molecule has 1 saturated carbocycles. The van der Waals surface area contributed by atoms with E-state index < -0.39 is 0 Å². The molecule has 0 radical (unpaired) electrons. The summed E-state index contributed by atoms with van der Waals surface area (Å²) in [6.07, 6.45) is 3.55. The van der Waals surface area contributed by atoms with Crippen LogP contribution in [0.15, 0.2) is 6.20 Å². The molecule has 1 heterocycles. The second kappa shape index (κ2) is 4.55. The Morgan fingerprint density at radius 2 is 2.31 bits per heavy atom. The third kappa shape index (κ3) is 2.44. The number of hydrogen-bond acceptors (Lipinski definition) is 3. The van der Waals surface area contributed by atoms with Gasteiger partial charge < -0.3 is 4.90 Å². The van der Waals surface area contributed by atoms with Gasteiger partial charge in [-0.3, -0.25) is 9.48 Å². The zero-order valence-corrected chi connectivity index (χ0v) is 10.4. The van der Waals surface area contributed by atoms with Crippen LogP contribution in [0.4, 0.5) is 0 Å². The van der Waals surface area contributed by atoms with E-state index in [4.69, 9.17) is 11.6 Å². The zero-order valence-electron chi connectivity index (χ0n) is 9.61. The number of rotatable bonds is 5. The minimum atomic E-state index is 0.154. The summed E-state index contributed by atoms with van der Waals surface area (Å²) in [6, 6.07) is 0. The van der Waals surface area contributed by atoms with Gasteiger partial charge in [-0.1, -0.05) is 11.6 Å². The van der Waals surface area contributed by atoms with Crippen LogP contribution in [0.2, 0.25) is 5.02 Å². The Morgan fingerprint density at radius 1 is 1.62 bits per heavy atom. The number of hydrogen-bond donors (Lipinski definition) is 0. The second-order valence-electron chi connectivity index (χ2n) is 4.51. The molecule has 0 N–H and O–H groups in total. The molecule has 0 bridgehead atoms. The average Bonchev–Trinajstić information content (AvgIpc) is 2.99. The van der Waals surface area contributed by atoms with Crippen molar-refractivity contribution >= 4 is 17.4 Å². The average molecular weight is 242 g/mol. The first-order valence-electron chi connectivity index (χ1n) is 5.50. The maximum atomic E-state index is 12.0. The van der Waals surface area contributed by atoms with Crippen LogP contribution < -0.4 is 0 Å². The molecule has 5 heteroatoms. The minimum absolute atomic E-state index is 0.154. The maximum Gasteiger partial charge on any atom is 0.185 e.